The second-order valence-corrected chi connectivity index (χ2v) is 12.4. The van der Waals surface area contributed by atoms with Crippen molar-refractivity contribution < 1.29 is 18.0 Å². The number of carbonyl (C=O) groups is 2. The number of rotatable bonds is 11. The summed E-state index contributed by atoms with van der Waals surface area (Å²) in [7, 11) is -3.85. The molecule has 0 saturated carbocycles. The lowest BCUT2D eigenvalue weighted by molar-refractivity contribution is -0.140. The Morgan fingerprint density at radius 3 is 2.18 bits per heavy atom. The highest BCUT2D eigenvalue weighted by atomic mass is 35.5. The van der Waals surface area contributed by atoms with Crippen molar-refractivity contribution in [2.75, 3.05) is 17.1 Å². The van der Waals surface area contributed by atoms with Gasteiger partial charge in [-0.1, -0.05) is 77.8 Å². The van der Waals surface area contributed by atoms with Crippen molar-refractivity contribution in [2.45, 2.75) is 52.7 Å². The van der Waals surface area contributed by atoms with Crippen molar-refractivity contribution in [3.8, 4) is 0 Å². The summed E-state index contributed by atoms with van der Waals surface area (Å²) in [6.45, 7) is 7.13. The molecular formula is C30H36ClN3O4S. The van der Waals surface area contributed by atoms with Crippen LogP contribution < -0.4 is 9.62 Å². The number of benzene rings is 3. The van der Waals surface area contributed by atoms with E-state index in [4.69, 9.17) is 11.6 Å². The van der Waals surface area contributed by atoms with E-state index in [1.54, 1.807) is 12.1 Å². The molecule has 0 bridgehead atoms. The first kappa shape index (κ1) is 30.2. The predicted molar refractivity (Wildman–Crippen MR) is 157 cm³/mol. The van der Waals surface area contributed by atoms with Gasteiger partial charge < -0.3 is 10.2 Å². The average Bonchev–Trinajstić information content (AvgIpc) is 2.86. The van der Waals surface area contributed by atoms with Crippen LogP contribution in [-0.4, -0.2) is 50.0 Å². The Kier molecular flexibility index (Phi) is 10.2. The molecule has 0 spiro atoms. The molecule has 39 heavy (non-hydrogen) atoms. The number of sulfonamides is 1. The molecule has 0 saturated heterocycles. The maximum Gasteiger partial charge on any atom is 0.244 e. The van der Waals surface area contributed by atoms with Crippen LogP contribution >= 0.6 is 11.6 Å². The molecule has 7 nitrogen and oxygen atoms in total. The number of aryl methyl sites for hydroxylation is 2. The minimum Gasteiger partial charge on any atom is -0.352 e. The summed E-state index contributed by atoms with van der Waals surface area (Å²) < 4.78 is 26.8. The van der Waals surface area contributed by atoms with Crippen LogP contribution in [0.3, 0.4) is 0 Å². The molecule has 9 heteroatoms. The summed E-state index contributed by atoms with van der Waals surface area (Å²) >= 11 is 6.29. The van der Waals surface area contributed by atoms with Gasteiger partial charge in [0.25, 0.3) is 0 Å². The first-order valence-electron chi connectivity index (χ1n) is 12.8. The van der Waals surface area contributed by atoms with E-state index in [-0.39, 0.29) is 30.6 Å². The highest BCUT2D eigenvalue weighted by molar-refractivity contribution is 7.92. The molecule has 3 aromatic carbocycles. The van der Waals surface area contributed by atoms with Crippen molar-refractivity contribution in [2.24, 2.45) is 0 Å². The molecule has 1 unspecified atom stereocenters. The Hall–Kier alpha value is -3.36. The van der Waals surface area contributed by atoms with Crippen molar-refractivity contribution in [1.82, 2.24) is 10.2 Å². The average molecular weight is 570 g/mol. The van der Waals surface area contributed by atoms with Crippen LogP contribution in [0.5, 0.6) is 0 Å². The quantitative estimate of drug-likeness (QED) is 0.356. The van der Waals surface area contributed by atoms with Crippen molar-refractivity contribution in [1.29, 1.82) is 0 Å². The molecule has 0 aliphatic heterocycles. The molecular weight excluding hydrogens is 534 g/mol. The molecule has 0 fully saturated rings. The number of halogens is 1. The Labute approximate surface area is 236 Å². The molecule has 1 N–H and O–H groups in total. The maximum atomic E-state index is 14.0. The van der Waals surface area contributed by atoms with Gasteiger partial charge in [-0.15, -0.1) is 0 Å². The van der Waals surface area contributed by atoms with Crippen LogP contribution in [0.2, 0.25) is 5.02 Å². The van der Waals surface area contributed by atoms with Crippen molar-refractivity contribution in [3.05, 3.63) is 100 Å². The Morgan fingerprint density at radius 2 is 1.59 bits per heavy atom. The molecule has 3 rings (SSSR count). The fourth-order valence-corrected chi connectivity index (χ4v) is 5.31. The number of nitrogens with zero attached hydrogens (tertiary/aromatic N) is 2. The Balaban J connectivity index is 2.07. The fraction of sp³-hybridized carbons (Fsp3) is 0.333. The van der Waals surface area contributed by atoms with Gasteiger partial charge in [-0.3, -0.25) is 13.9 Å². The summed E-state index contributed by atoms with van der Waals surface area (Å²) in [6, 6.07) is 21.0. The Bertz CT molecular complexity index is 1410. The highest BCUT2D eigenvalue weighted by Crippen LogP contribution is 2.26. The van der Waals surface area contributed by atoms with E-state index in [2.05, 4.69) is 5.32 Å². The molecule has 1 atom stereocenters. The van der Waals surface area contributed by atoms with Crippen LogP contribution in [0.1, 0.15) is 36.1 Å². The number of hydrogen-bond acceptors (Lipinski definition) is 4. The summed E-state index contributed by atoms with van der Waals surface area (Å²) in [5.74, 6) is -0.808. The maximum absolute atomic E-state index is 14.0. The molecule has 0 heterocycles. The van der Waals surface area contributed by atoms with Crippen LogP contribution in [0, 0.1) is 13.8 Å². The van der Waals surface area contributed by atoms with Gasteiger partial charge >= 0.3 is 0 Å². The fourth-order valence-electron chi connectivity index (χ4n) is 4.29. The van der Waals surface area contributed by atoms with Crippen molar-refractivity contribution in [3.63, 3.8) is 0 Å². The third kappa shape index (κ3) is 8.57. The molecule has 0 radical (unpaired) electrons. The lowest BCUT2D eigenvalue weighted by Crippen LogP contribution is -2.54. The van der Waals surface area contributed by atoms with Crippen LogP contribution in [0.4, 0.5) is 5.69 Å². The number of amides is 2. The number of hydrogen-bond donors (Lipinski definition) is 1. The van der Waals surface area contributed by atoms with Gasteiger partial charge in [0.15, 0.2) is 0 Å². The highest BCUT2D eigenvalue weighted by Gasteiger charge is 2.33. The molecule has 0 aliphatic rings. The van der Waals surface area contributed by atoms with Gasteiger partial charge in [-0.25, -0.2) is 8.42 Å². The lowest BCUT2D eigenvalue weighted by Gasteiger charge is -2.34. The van der Waals surface area contributed by atoms with Gasteiger partial charge in [-0.05, 0) is 56.5 Å². The van der Waals surface area contributed by atoms with Gasteiger partial charge in [0, 0.05) is 24.0 Å². The zero-order valence-corrected chi connectivity index (χ0v) is 24.6. The number of nitrogens with one attached hydrogen (secondary N) is 1. The number of carbonyl (C=O) groups excluding carboxylic acids is 2. The second-order valence-electron chi connectivity index (χ2n) is 10.1. The van der Waals surface area contributed by atoms with E-state index >= 15 is 0 Å². The first-order valence-corrected chi connectivity index (χ1v) is 15.0. The van der Waals surface area contributed by atoms with Crippen molar-refractivity contribution >= 4 is 39.1 Å². The minimum absolute atomic E-state index is 0.135. The molecule has 2 amide bonds. The lowest BCUT2D eigenvalue weighted by atomic mass is 10.0. The zero-order chi connectivity index (χ0) is 28.7. The smallest absolute Gasteiger partial charge is 0.244 e. The largest absolute Gasteiger partial charge is 0.352 e. The standard InChI is InChI=1S/C30H36ClN3O4S/c1-21(2)32-30(36)28(17-24-11-7-6-8-12-24)33(19-25-13-9-10-22(3)16-25)29(35)20-34(39(5,37)38)26-15-14-23(4)27(31)18-26/h6-16,18,21,28H,17,19-20H2,1-5H3,(H,32,36). The minimum atomic E-state index is -3.85. The van der Waals surface area contributed by atoms with E-state index in [1.807, 2.05) is 82.3 Å². The zero-order valence-electron chi connectivity index (χ0n) is 23.0. The second kappa shape index (κ2) is 13.1. The van der Waals surface area contributed by atoms with E-state index in [0.29, 0.717) is 5.02 Å². The monoisotopic (exact) mass is 569 g/mol. The first-order chi connectivity index (χ1) is 18.3. The van der Waals surface area contributed by atoms with E-state index in [9.17, 15) is 18.0 Å². The predicted octanol–water partition coefficient (Wildman–Crippen LogP) is 4.89. The molecule has 3 aromatic rings. The van der Waals surface area contributed by atoms with Gasteiger partial charge in [0.1, 0.15) is 12.6 Å². The van der Waals surface area contributed by atoms with Crippen LogP contribution in [0.25, 0.3) is 0 Å². The topological polar surface area (TPSA) is 86.8 Å². The third-order valence-corrected chi connectivity index (χ3v) is 7.81. The van der Waals surface area contributed by atoms with Gasteiger partial charge in [0.2, 0.25) is 21.8 Å². The molecule has 208 valence electrons. The summed E-state index contributed by atoms with van der Waals surface area (Å²) in [4.78, 5) is 29.1. The van der Waals surface area contributed by atoms with Crippen LogP contribution in [0.15, 0.2) is 72.8 Å². The normalized spacial score (nSPS) is 12.2. The molecule has 0 aromatic heterocycles. The third-order valence-electron chi connectivity index (χ3n) is 6.26. The van der Waals surface area contributed by atoms with Crippen LogP contribution in [-0.2, 0) is 32.6 Å². The summed E-state index contributed by atoms with van der Waals surface area (Å²) in [6.07, 6.45) is 1.32. The summed E-state index contributed by atoms with van der Waals surface area (Å²) in [5, 5.41) is 3.33. The molecule has 0 aliphatic carbocycles. The SMILES string of the molecule is Cc1cccc(CN(C(=O)CN(c2ccc(C)c(Cl)c2)S(C)(=O)=O)C(Cc2ccccc2)C(=O)NC(C)C)c1. The number of anilines is 1. The van der Waals surface area contributed by atoms with Gasteiger partial charge in [0.05, 0.1) is 11.9 Å². The van der Waals surface area contributed by atoms with E-state index < -0.39 is 28.5 Å². The summed E-state index contributed by atoms with van der Waals surface area (Å²) in [5.41, 5.74) is 3.80. The van der Waals surface area contributed by atoms with Gasteiger partial charge in [-0.2, -0.15) is 0 Å². The van der Waals surface area contributed by atoms with E-state index in [0.717, 1.165) is 32.8 Å². The van der Waals surface area contributed by atoms with E-state index in [1.165, 1.54) is 11.0 Å². The Morgan fingerprint density at radius 1 is 0.923 bits per heavy atom.